The molecule has 21 heavy (non-hydrogen) atoms. The van der Waals surface area contributed by atoms with Gasteiger partial charge in [-0.3, -0.25) is 4.79 Å². The van der Waals surface area contributed by atoms with Crippen molar-refractivity contribution in [1.29, 1.82) is 0 Å². The monoisotopic (exact) mass is 282 g/mol. The molecule has 0 bridgehead atoms. The second kappa shape index (κ2) is 4.98. The Morgan fingerprint density at radius 2 is 1.81 bits per heavy atom. The molecule has 0 radical (unpaired) electrons. The summed E-state index contributed by atoms with van der Waals surface area (Å²) in [6.45, 7) is 3.29. The normalized spacial score (nSPS) is 19.0. The maximum absolute atomic E-state index is 12.1. The summed E-state index contributed by atoms with van der Waals surface area (Å²) < 4.78 is 0. The molecule has 1 aromatic heterocycles. The zero-order valence-corrected chi connectivity index (χ0v) is 11.9. The molecular weight excluding hydrogens is 264 g/mol. The van der Waals surface area contributed by atoms with E-state index >= 15 is 0 Å². The standard InChI is InChI=1S/C16H18N4O/c21-16(12-5-6-12)20-9-7-19(8-10-20)15-13-3-1-2-4-14(13)17-11-18-15/h1-4,11-12H,5-10H2. The Bertz CT molecular complexity index is 670. The number of benzene rings is 1. The summed E-state index contributed by atoms with van der Waals surface area (Å²) in [6, 6.07) is 8.08. The van der Waals surface area contributed by atoms with Crippen LogP contribution in [-0.4, -0.2) is 47.0 Å². The average molecular weight is 282 g/mol. The van der Waals surface area contributed by atoms with Crippen molar-refractivity contribution in [3.8, 4) is 0 Å². The van der Waals surface area contributed by atoms with Gasteiger partial charge in [-0.1, -0.05) is 12.1 Å². The molecule has 2 aromatic rings. The van der Waals surface area contributed by atoms with Gasteiger partial charge >= 0.3 is 0 Å². The lowest BCUT2D eigenvalue weighted by Gasteiger charge is -2.35. The molecule has 5 nitrogen and oxygen atoms in total. The molecule has 2 heterocycles. The molecule has 1 aliphatic heterocycles. The number of para-hydroxylation sites is 1. The number of aromatic nitrogens is 2. The van der Waals surface area contributed by atoms with Crippen LogP contribution in [0.3, 0.4) is 0 Å². The Balaban J connectivity index is 1.53. The van der Waals surface area contributed by atoms with Crippen LogP contribution in [0.2, 0.25) is 0 Å². The third kappa shape index (κ3) is 2.33. The van der Waals surface area contributed by atoms with E-state index in [1.165, 1.54) is 0 Å². The Morgan fingerprint density at radius 1 is 1.05 bits per heavy atom. The topological polar surface area (TPSA) is 49.3 Å². The fraction of sp³-hybridized carbons (Fsp3) is 0.438. The first-order chi connectivity index (χ1) is 10.3. The third-order valence-corrected chi connectivity index (χ3v) is 4.34. The SMILES string of the molecule is O=C(C1CC1)N1CCN(c2ncnc3ccccc23)CC1. The number of fused-ring (bicyclic) bond motifs is 1. The van der Waals surface area contributed by atoms with Crippen LogP contribution in [-0.2, 0) is 4.79 Å². The number of anilines is 1. The van der Waals surface area contributed by atoms with E-state index in [9.17, 15) is 4.79 Å². The van der Waals surface area contributed by atoms with Crippen LogP contribution in [0.15, 0.2) is 30.6 Å². The van der Waals surface area contributed by atoms with Gasteiger partial charge in [0, 0.05) is 37.5 Å². The summed E-state index contributed by atoms with van der Waals surface area (Å²) in [6.07, 6.45) is 3.78. The smallest absolute Gasteiger partial charge is 0.225 e. The first kappa shape index (κ1) is 12.6. The lowest BCUT2D eigenvalue weighted by atomic mass is 10.2. The van der Waals surface area contributed by atoms with E-state index in [1.807, 2.05) is 23.1 Å². The predicted molar refractivity (Wildman–Crippen MR) is 81.1 cm³/mol. The molecule has 1 aromatic carbocycles. The molecule has 2 fully saturated rings. The molecule has 2 aliphatic rings. The average Bonchev–Trinajstić information content (AvgIpc) is 3.39. The lowest BCUT2D eigenvalue weighted by molar-refractivity contribution is -0.132. The van der Waals surface area contributed by atoms with Crippen molar-refractivity contribution in [2.45, 2.75) is 12.8 Å². The van der Waals surface area contributed by atoms with Gasteiger partial charge in [0.2, 0.25) is 5.91 Å². The zero-order chi connectivity index (χ0) is 14.2. The van der Waals surface area contributed by atoms with Crippen LogP contribution in [0.4, 0.5) is 5.82 Å². The molecule has 1 saturated carbocycles. The Labute approximate surface area is 123 Å². The summed E-state index contributed by atoms with van der Waals surface area (Å²) in [5.74, 6) is 1.65. The lowest BCUT2D eigenvalue weighted by Crippen LogP contribution is -2.49. The summed E-state index contributed by atoms with van der Waals surface area (Å²) >= 11 is 0. The Morgan fingerprint density at radius 3 is 2.57 bits per heavy atom. The highest BCUT2D eigenvalue weighted by molar-refractivity contribution is 5.89. The molecule has 1 aliphatic carbocycles. The first-order valence-electron chi connectivity index (χ1n) is 7.56. The number of nitrogens with zero attached hydrogens (tertiary/aromatic N) is 4. The van der Waals surface area contributed by atoms with Crippen molar-refractivity contribution >= 4 is 22.6 Å². The van der Waals surface area contributed by atoms with Crippen molar-refractivity contribution in [1.82, 2.24) is 14.9 Å². The van der Waals surface area contributed by atoms with Gasteiger partial charge in [0.25, 0.3) is 0 Å². The highest BCUT2D eigenvalue weighted by atomic mass is 16.2. The van der Waals surface area contributed by atoms with Crippen molar-refractivity contribution in [3.05, 3.63) is 30.6 Å². The van der Waals surface area contributed by atoms with Crippen LogP contribution in [0.25, 0.3) is 10.9 Å². The molecule has 1 saturated heterocycles. The fourth-order valence-electron chi connectivity index (χ4n) is 2.97. The second-order valence-corrected chi connectivity index (χ2v) is 5.80. The minimum absolute atomic E-state index is 0.316. The van der Waals surface area contributed by atoms with E-state index in [-0.39, 0.29) is 0 Å². The Hall–Kier alpha value is -2.17. The Kier molecular flexibility index (Phi) is 2.98. The van der Waals surface area contributed by atoms with E-state index in [4.69, 9.17) is 0 Å². The molecule has 0 unspecified atom stereocenters. The number of hydrogen-bond acceptors (Lipinski definition) is 4. The van der Waals surface area contributed by atoms with Gasteiger partial charge in [0.15, 0.2) is 0 Å². The number of piperazine rings is 1. The van der Waals surface area contributed by atoms with Gasteiger partial charge in [0.05, 0.1) is 5.52 Å². The van der Waals surface area contributed by atoms with Gasteiger partial charge in [-0.05, 0) is 25.0 Å². The molecule has 0 N–H and O–H groups in total. The third-order valence-electron chi connectivity index (χ3n) is 4.34. The molecule has 0 spiro atoms. The minimum Gasteiger partial charge on any atom is -0.352 e. The van der Waals surface area contributed by atoms with E-state index < -0.39 is 0 Å². The number of carbonyl (C=O) groups excluding carboxylic acids is 1. The van der Waals surface area contributed by atoms with Crippen molar-refractivity contribution in [2.75, 3.05) is 31.1 Å². The first-order valence-corrected chi connectivity index (χ1v) is 7.56. The van der Waals surface area contributed by atoms with Crippen LogP contribution in [0, 0.1) is 5.92 Å². The quantitative estimate of drug-likeness (QED) is 0.841. The molecule has 0 atom stereocenters. The number of rotatable bonds is 2. The number of amides is 1. The van der Waals surface area contributed by atoms with Crippen LogP contribution in [0.1, 0.15) is 12.8 Å². The summed E-state index contributed by atoms with van der Waals surface area (Å²) in [5, 5.41) is 1.09. The molecular formula is C16H18N4O. The van der Waals surface area contributed by atoms with Crippen molar-refractivity contribution in [2.24, 2.45) is 5.92 Å². The van der Waals surface area contributed by atoms with E-state index in [2.05, 4.69) is 20.9 Å². The summed E-state index contributed by atoms with van der Waals surface area (Å²) in [5.41, 5.74) is 0.971. The molecule has 1 amide bonds. The van der Waals surface area contributed by atoms with E-state index in [1.54, 1.807) is 6.33 Å². The van der Waals surface area contributed by atoms with Crippen LogP contribution >= 0.6 is 0 Å². The zero-order valence-electron chi connectivity index (χ0n) is 11.9. The van der Waals surface area contributed by atoms with Gasteiger partial charge in [0.1, 0.15) is 12.1 Å². The van der Waals surface area contributed by atoms with Crippen molar-refractivity contribution < 1.29 is 4.79 Å². The van der Waals surface area contributed by atoms with Gasteiger partial charge in [-0.2, -0.15) is 0 Å². The van der Waals surface area contributed by atoms with E-state index in [0.717, 1.165) is 55.7 Å². The predicted octanol–water partition coefficient (Wildman–Crippen LogP) is 1.69. The molecule has 5 heteroatoms. The van der Waals surface area contributed by atoms with Gasteiger partial charge < -0.3 is 9.80 Å². The maximum atomic E-state index is 12.1. The van der Waals surface area contributed by atoms with Crippen molar-refractivity contribution in [3.63, 3.8) is 0 Å². The van der Waals surface area contributed by atoms with Crippen LogP contribution in [0.5, 0.6) is 0 Å². The largest absolute Gasteiger partial charge is 0.352 e. The minimum atomic E-state index is 0.316. The van der Waals surface area contributed by atoms with Gasteiger partial charge in [-0.25, -0.2) is 9.97 Å². The maximum Gasteiger partial charge on any atom is 0.225 e. The second-order valence-electron chi connectivity index (χ2n) is 5.80. The fourth-order valence-corrected chi connectivity index (χ4v) is 2.97. The molecule has 108 valence electrons. The van der Waals surface area contributed by atoms with Crippen LogP contribution < -0.4 is 4.90 Å². The highest BCUT2D eigenvalue weighted by Crippen LogP contribution is 2.31. The van der Waals surface area contributed by atoms with Gasteiger partial charge in [-0.15, -0.1) is 0 Å². The highest BCUT2D eigenvalue weighted by Gasteiger charge is 2.34. The number of hydrogen-bond donors (Lipinski definition) is 0. The summed E-state index contributed by atoms with van der Waals surface area (Å²) in [7, 11) is 0. The summed E-state index contributed by atoms with van der Waals surface area (Å²) in [4.78, 5) is 25.1. The molecule has 4 rings (SSSR count). The van der Waals surface area contributed by atoms with E-state index in [0.29, 0.717) is 11.8 Å². The number of carbonyl (C=O) groups is 1.